The van der Waals surface area contributed by atoms with Crippen LogP contribution in [0.5, 0.6) is 5.75 Å². The number of anilines is 1. The lowest BCUT2D eigenvalue weighted by Gasteiger charge is -2.01. The zero-order valence-electron chi connectivity index (χ0n) is 13.3. The number of rotatable bonds is 5. The quantitative estimate of drug-likeness (QED) is 0.409. The summed E-state index contributed by atoms with van der Waals surface area (Å²) in [6, 6.07) is 6.78. The Morgan fingerprint density at radius 3 is 2.80 bits per heavy atom. The molecule has 9 heteroatoms. The van der Waals surface area contributed by atoms with Crippen molar-refractivity contribution in [1.82, 2.24) is 4.98 Å². The zero-order chi connectivity index (χ0) is 18.0. The van der Waals surface area contributed by atoms with Gasteiger partial charge in [-0.15, -0.1) is 0 Å². The standard InChI is InChI=1S/C16H13N3O4S2/c1-9-3-6-11(23-2)14-15(9)25-16(18-14)17-12(20)7-4-10-5-8-13(24-10)19(21)22/h3-8H,1-2H3,(H,17,18,20)/b7-4+. The summed E-state index contributed by atoms with van der Waals surface area (Å²) < 4.78 is 6.24. The minimum absolute atomic E-state index is 0.0359. The van der Waals surface area contributed by atoms with E-state index >= 15 is 0 Å². The summed E-state index contributed by atoms with van der Waals surface area (Å²) in [6.07, 6.45) is 2.86. The van der Waals surface area contributed by atoms with Crippen LogP contribution < -0.4 is 10.1 Å². The summed E-state index contributed by atoms with van der Waals surface area (Å²) in [4.78, 5) is 27.3. The van der Waals surface area contributed by atoms with Gasteiger partial charge in [-0.3, -0.25) is 20.2 Å². The molecule has 0 saturated heterocycles. The predicted molar refractivity (Wildman–Crippen MR) is 99.5 cm³/mol. The fourth-order valence-electron chi connectivity index (χ4n) is 2.16. The van der Waals surface area contributed by atoms with Crippen molar-refractivity contribution in [2.75, 3.05) is 12.4 Å². The maximum Gasteiger partial charge on any atom is 0.324 e. The molecule has 0 aliphatic heterocycles. The Kier molecular flexibility index (Phi) is 4.77. The van der Waals surface area contributed by atoms with Crippen molar-refractivity contribution in [1.29, 1.82) is 0 Å². The minimum Gasteiger partial charge on any atom is -0.494 e. The van der Waals surface area contributed by atoms with Crippen LogP contribution in [0, 0.1) is 17.0 Å². The van der Waals surface area contributed by atoms with Crippen LogP contribution in [-0.4, -0.2) is 22.9 Å². The van der Waals surface area contributed by atoms with Gasteiger partial charge in [0.15, 0.2) is 5.13 Å². The van der Waals surface area contributed by atoms with E-state index in [-0.39, 0.29) is 10.9 Å². The number of nitrogens with one attached hydrogen (secondary N) is 1. The summed E-state index contributed by atoms with van der Waals surface area (Å²) in [6.45, 7) is 1.97. The van der Waals surface area contributed by atoms with Crippen molar-refractivity contribution < 1.29 is 14.5 Å². The number of amides is 1. The highest BCUT2D eigenvalue weighted by atomic mass is 32.1. The first-order valence-corrected chi connectivity index (χ1v) is 8.78. The van der Waals surface area contributed by atoms with E-state index in [9.17, 15) is 14.9 Å². The van der Waals surface area contributed by atoms with E-state index in [2.05, 4.69) is 10.3 Å². The molecule has 1 aromatic carbocycles. The average Bonchev–Trinajstić information content (AvgIpc) is 3.21. The van der Waals surface area contributed by atoms with E-state index in [0.717, 1.165) is 21.6 Å². The van der Waals surface area contributed by atoms with Gasteiger partial charge in [0.05, 0.1) is 16.7 Å². The van der Waals surface area contributed by atoms with E-state index < -0.39 is 4.92 Å². The molecule has 1 amide bonds. The van der Waals surface area contributed by atoms with Gasteiger partial charge in [0.2, 0.25) is 5.91 Å². The number of benzene rings is 1. The first-order valence-electron chi connectivity index (χ1n) is 7.15. The number of carbonyl (C=O) groups excluding carboxylic acids is 1. The maximum absolute atomic E-state index is 12.1. The summed E-state index contributed by atoms with van der Waals surface area (Å²) >= 11 is 2.37. The van der Waals surface area contributed by atoms with Gasteiger partial charge in [0.25, 0.3) is 0 Å². The van der Waals surface area contributed by atoms with Gasteiger partial charge in [0, 0.05) is 17.0 Å². The fraction of sp³-hybridized carbons (Fsp3) is 0.125. The maximum atomic E-state index is 12.1. The molecule has 0 atom stereocenters. The van der Waals surface area contributed by atoms with E-state index in [4.69, 9.17) is 4.74 Å². The topological polar surface area (TPSA) is 94.4 Å². The third-order valence-electron chi connectivity index (χ3n) is 3.34. The monoisotopic (exact) mass is 375 g/mol. The number of fused-ring (bicyclic) bond motifs is 1. The molecule has 0 aliphatic rings. The minimum atomic E-state index is -0.459. The number of nitrogens with zero attached hydrogens (tertiary/aromatic N) is 2. The number of hydrogen-bond acceptors (Lipinski definition) is 7. The second-order valence-corrected chi connectivity index (χ2v) is 7.13. The molecule has 1 N–H and O–H groups in total. The molecule has 128 valence electrons. The van der Waals surface area contributed by atoms with Gasteiger partial charge >= 0.3 is 5.00 Å². The molecule has 3 rings (SSSR count). The van der Waals surface area contributed by atoms with Crippen molar-refractivity contribution in [2.45, 2.75) is 6.92 Å². The molecule has 3 aromatic rings. The first kappa shape index (κ1) is 17.1. The van der Waals surface area contributed by atoms with E-state index in [0.29, 0.717) is 21.3 Å². The third kappa shape index (κ3) is 3.67. The molecule has 7 nitrogen and oxygen atoms in total. The second-order valence-electron chi connectivity index (χ2n) is 5.04. The predicted octanol–water partition coefficient (Wildman–Crippen LogP) is 4.23. The molecule has 0 unspecified atom stereocenters. The number of thiazole rings is 1. The summed E-state index contributed by atoms with van der Waals surface area (Å²) in [5, 5.41) is 13.9. The molecule has 0 bridgehead atoms. The van der Waals surface area contributed by atoms with E-state index in [1.807, 2.05) is 19.1 Å². The Morgan fingerprint density at radius 2 is 2.12 bits per heavy atom. The number of aryl methyl sites for hydroxylation is 1. The smallest absolute Gasteiger partial charge is 0.324 e. The van der Waals surface area contributed by atoms with Crippen molar-refractivity contribution in [3.05, 3.63) is 50.9 Å². The highest BCUT2D eigenvalue weighted by Crippen LogP contribution is 2.34. The molecule has 0 saturated carbocycles. The SMILES string of the molecule is COc1ccc(C)c2sc(NC(=O)/C=C/c3ccc([N+](=O)[O-])s3)nc12. The van der Waals surface area contributed by atoms with Crippen LogP contribution in [-0.2, 0) is 4.79 Å². The highest BCUT2D eigenvalue weighted by Gasteiger charge is 2.12. The molecule has 0 spiro atoms. The number of nitro groups is 1. The molecule has 0 fully saturated rings. The van der Waals surface area contributed by atoms with Crippen LogP contribution in [0.1, 0.15) is 10.4 Å². The lowest BCUT2D eigenvalue weighted by Crippen LogP contribution is -2.07. The van der Waals surface area contributed by atoms with Crippen LogP contribution in [0.2, 0.25) is 0 Å². The van der Waals surface area contributed by atoms with Crippen LogP contribution in [0.15, 0.2) is 30.3 Å². The first-order chi connectivity index (χ1) is 12.0. The van der Waals surface area contributed by atoms with Crippen LogP contribution in [0.4, 0.5) is 10.1 Å². The average molecular weight is 375 g/mol. The van der Waals surface area contributed by atoms with Gasteiger partial charge in [-0.1, -0.05) is 28.7 Å². The molecule has 2 heterocycles. The van der Waals surface area contributed by atoms with Crippen molar-refractivity contribution in [2.24, 2.45) is 0 Å². The summed E-state index contributed by atoms with van der Waals surface area (Å²) in [7, 11) is 1.57. The number of thiophene rings is 1. The van der Waals surface area contributed by atoms with E-state index in [1.165, 1.54) is 29.6 Å². The van der Waals surface area contributed by atoms with Crippen LogP contribution in [0.25, 0.3) is 16.3 Å². The Labute approximate surface area is 150 Å². The Hall–Kier alpha value is -2.78. The fourth-order valence-corrected chi connectivity index (χ4v) is 3.84. The molecule has 25 heavy (non-hydrogen) atoms. The van der Waals surface area contributed by atoms with Gasteiger partial charge in [0.1, 0.15) is 11.3 Å². The second kappa shape index (κ2) is 6.99. The Morgan fingerprint density at radius 1 is 1.32 bits per heavy atom. The molecular formula is C16H13N3O4S2. The van der Waals surface area contributed by atoms with Crippen LogP contribution in [0.3, 0.4) is 0 Å². The van der Waals surface area contributed by atoms with Gasteiger partial charge < -0.3 is 4.74 Å². The molecule has 0 aliphatic carbocycles. The zero-order valence-corrected chi connectivity index (χ0v) is 14.9. The normalized spacial score (nSPS) is 11.1. The van der Waals surface area contributed by atoms with Crippen molar-refractivity contribution >= 4 is 55.0 Å². The number of aromatic nitrogens is 1. The highest BCUT2D eigenvalue weighted by molar-refractivity contribution is 7.22. The van der Waals surface area contributed by atoms with Gasteiger partial charge in [-0.25, -0.2) is 4.98 Å². The lowest BCUT2D eigenvalue weighted by molar-refractivity contribution is -0.380. The Bertz CT molecular complexity index is 991. The Balaban J connectivity index is 1.76. The molecule has 0 radical (unpaired) electrons. The largest absolute Gasteiger partial charge is 0.494 e. The molecular weight excluding hydrogens is 362 g/mol. The van der Waals surface area contributed by atoms with Gasteiger partial charge in [-0.05, 0) is 30.7 Å². The third-order valence-corrected chi connectivity index (χ3v) is 5.45. The number of hydrogen-bond donors (Lipinski definition) is 1. The van der Waals surface area contributed by atoms with Crippen molar-refractivity contribution in [3.8, 4) is 5.75 Å². The van der Waals surface area contributed by atoms with E-state index in [1.54, 1.807) is 13.2 Å². The van der Waals surface area contributed by atoms with Gasteiger partial charge in [-0.2, -0.15) is 0 Å². The number of methoxy groups -OCH3 is 1. The van der Waals surface area contributed by atoms with Crippen LogP contribution >= 0.6 is 22.7 Å². The van der Waals surface area contributed by atoms with Crippen molar-refractivity contribution in [3.63, 3.8) is 0 Å². The number of carbonyl (C=O) groups is 1. The summed E-state index contributed by atoms with van der Waals surface area (Å²) in [5.41, 5.74) is 1.76. The number of ether oxygens (including phenoxy) is 1. The molecule has 2 aromatic heterocycles. The summed E-state index contributed by atoms with van der Waals surface area (Å²) in [5.74, 6) is 0.297. The lowest BCUT2D eigenvalue weighted by atomic mass is 10.2.